The van der Waals surface area contributed by atoms with Gasteiger partial charge in [0.1, 0.15) is 0 Å². The van der Waals surface area contributed by atoms with Crippen LogP contribution in [-0.4, -0.2) is 22.4 Å². The fourth-order valence-electron chi connectivity index (χ4n) is 7.07. The van der Waals surface area contributed by atoms with Gasteiger partial charge in [0, 0.05) is 6.42 Å². The summed E-state index contributed by atoms with van der Waals surface area (Å²) in [5, 5.41) is 20.4. The lowest BCUT2D eigenvalue weighted by atomic mass is 9.60. The van der Waals surface area contributed by atoms with E-state index in [4.69, 9.17) is 0 Å². The van der Waals surface area contributed by atoms with E-state index in [9.17, 15) is 10.2 Å². The van der Waals surface area contributed by atoms with Crippen LogP contribution in [0.25, 0.3) is 0 Å². The predicted molar refractivity (Wildman–Crippen MR) is 127 cm³/mol. The van der Waals surface area contributed by atoms with Gasteiger partial charge in [-0.3, -0.25) is 0 Å². The highest BCUT2D eigenvalue weighted by molar-refractivity contribution is 5.43. The van der Waals surface area contributed by atoms with E-state index in [1.165, 1.54) is 56.9 Å². The van der Waals surface area contributed by atoms with Crippen LogP contribution in [0.15, 0.2) is 34.9 Å². The Kier molecular flexibility index (Phi) is 7.72. The van der Waals surface area contributed by atoms with E-state index in [1.54, 1.807) is 5.57 Å². The van der Waals surface area contributed by atoms with Gasteiger partial charge in [0.2, 0.25) is 0 Å². The molecule has 0 heterocycles. The zero-order valence-electron chi connectivity index (χ0n) is 20.2. The average molecular weight is 415 g/mol. The number of allylic oxidation sites excluding steroid dienone is 3. The SMILES string of the molecule is C=C1/C(=C(/C)C=C2CCC[C@@]3(C)C2CC[C@@H]3[C@H](C)CCCC(C)C)C[C@@H](O)C[C@H]1O. The molecule has 0 spiro atoms. The van der Waals surface area contributed by atoms with Crippen molar-refractivity contribution in [2.24, 2.45) is 29.1 Å². The van der Waals surface area contributed by atoms with Gasteiger partial charge in [0.15, 0.2) is 0 Å². The van der Waals surface area contributed by atoms with E-state index in [1.807, 2.05) is 0 Å². The molecule has 2 nitrogen and oxygen atoms in total. The minimum absolute atomic E-state index is 0.420. The Hall–Kier alpha value is -0.860. The number of hydrogen-bond acceptors (Lipinski definition) is 2. The minimum atomic E-state index is -0.601. The highest BCUT2D eigenvalue weighted by Crippen LogP contribution is 2.60. The Balaban J connectivity index is 1.77. The number of aliphatic hydroxyl groups excluding tert-OH is 2. The van der Waals surface area contributed by atoms with Crippen molar-refractivity contribution in [1.29, 1.82) is 0 Å². The summed E-state index contributed by atoms with van der Waals surface area (Å²) in [6.07, 6.45) is 13.1. The Morgan fingerprint density at radius 2 is 1.93 bits per heavy atom. The third kappa shape index (κ3) is 4.96. The summed E-state index contributed by atoms with van der Waals surface area (Å²) in [6.45, 7) is 16.1. The molecule has 3 aliphatic carbocycles. The number of aliphatic hydroxyl groups is 2. The van der Waals surface area contributed by atoms with Crippen LogP contribution in [0.3, 0.4) is 0 Å². The first kappa shape index (κ1) is 23.8. The van der Waals surface area contributed by atoms with Crippen LogP contribution in [-0.2, 0) is 0 Å². The zero-order chi connectivity index (χ0) is 22.1. The van der Waals surface area contributed by atoms with Crippen LogP contribution in [0.1, 0.15) is 98.8 Å². The molecule has 1 unspecified atom stereocenters. The van der Waals surface area contributed by atoms with Crippen LogP contribution in [0.5, 0.6) is 0 Å². The lowest BCUT2D eigenvalue weighted by molar-refractivity contribution is 0.0858. The smallest absolute Gasteiger partial charge is 0.0811 e. The number of hydrogen-bond donors (Lipinski definition) is 2. The molecule has 0 saturated heterocycles. The molecule has 3 saturated carbocycles. The van der Waals surface area contributed by atoms with Crippen LogP contribution in [0.2, 0.25) is 0 Å². The molecule has 0 aromatic carbocycles. The second-order valence-electron chi connectivity index (χ2n) is 11.4. The standard InChI is InChI=1S/C28H46O2/c1-18(2)9-7-10-19(3)25-12-13-26-22(11-8-14-28(25,26)6)15-20(4)24-16-23(29)17-27(30)21(24)5/h15,18-19,23,25-27,29-30H,5,7-14,16-17H2,1-4,6H3/b22-15?,24-20-/t19-,23-,25-,26?,27-,28-/m1/s1. The first-order valence-electron chi connectivity index (χ1n) is 12.6. The first-order chi connectivity index (χ1) is 14.1. The van der Waals surface area contributed by atoms with Gasteiger partial charge < -0.3 is 10.2 Å². The molecule has 3 rings (SSSR count). The summed E-state index contributed by atoms with van der Waals surface area (Å²) >= 11 is 0. The van der Waals surface area contributed by atoms with Crippen molar-refractivity contribution in [2.45, 2.75) is 111 Å². The number of fused-ring (bicyclic) bond motifs is 1. The van der Waals surface area contributed by atoms with E-state index >= 15 is 0 Å². The van der Waals surface area contributed by atoms with Crippen molar-refractivity contribution in [3.63, 3.8) is 0 Å². The molecule has 3 fully saturated rings. The molecule has 2 heteroatoms. The van der Waals surface area contributed by atoms with Crippen molar-refractivity contribution in [3.8, 4) is 0 Å². The fraction of sp³-hybridized carbons (Fsp3) is 0.786. The maximum Gasteiger partial charge on any atom is 0.0811 e. The second-order valence-corrected chi connectivity index (χ2v) is 11.4. The quantitative estimate of drug-likeness (QED) is 0.492. The monoisotopic (exact) mass is 414 g/mol. The molecule has 0 bridgehead atoms. The van der Waals surface area contributed by atoms with Gasteiger partial charge in [-0.05, 0) is 91.3 Å². The van der Waals surface area contributed by atoms with Gasteiger partial charge in [0.05, 0.1) is 12.2 Å². The van der Waals surface area contributed by atoms with Crippen LogP contribution >= 0.6 is 0 Å². The minimum Gasteiger partial charge on any atom is -0.393 e. The van der Waals surface area contributed by atoms with E-state index in [0.29, 0.717) is 24.2 Å². The maximum absolute atomic E-state index is 10.3. The zero-order valence-corrected chi connectivity index (χ0v) is 20.2. The highest BCUT2D eigenvalue weighted by atomic mass is 16.3. The first-order valence-corrected chi connectivity index (χ1v) is 12.6. The van der Waals surface area contributed by atoms with E-state index in [2.05, 4.69) is 47.3 Å². The topological polar surface area (TPSA) is 40.5 Å². The second kappa shape index (κ2) is 9.74. The highest BCUT2D eigenvalue weighted by Gasteiger charge is 2.50. The molecule has 6 atom stereocenters. The van der Waals surface area contributed by atoms with Crippen molar-refractivity contribution < 1.29 is 10.2 Å². The van der Waals surface area contributed by atoms with Crippen molar-refractivity contribution in [2.75, 3.05) is 0 Å². The molecule has 0 aromatic rings. The van der Waals surface area contributed by atoms with Crippen molar-refractivity contribution in [1.82, 2.24) is 0 Å². The van der Waals surface area contributed by atoms with Gasteiger partial charge in [-0.25, -0.2) is 0 Å². The summed E-state index contributed by atoms with van der Waals surface area (Å²) < 4.78 is 0. The molecule has 0 aliphatic heterocycles. The number of rotatable bonds is 6. The van der Waals surface area contributed by atoms with Crippen molar-refractivity contribution in [3.05, 3.63) is 34.9 Å². The predicted octanol–water partition coefficient (Wildman–Crippen LogP) is 6.98. The average Bonchev–Trinajstić information content (AvgIpc) is 3.02. The summed E-state index contributed by atoms with van der Waals surface area (Å²) in [6, 6.07) is 0. The molecule has 170 valence electrons. The Morgan fingerprint density at radius 3 is 2.63 bits per heavy atom. The van der Waals surface area contributed by atoms with Crippen LogP contribution in [0, 0.1) is 29.1 Å². The molecular formula is C28H46O2. The molecular weight excluding hydrogens is 368 g/mol. The fourth-order valence-corrected chi connectivity index (χ4v) is 7.07. The van der Waals surface area contributed by atoms with Gasteiger partial charge in [-0.1, -0.05) is 65.2 Å². The Labute approximate surface area is 185 Å². The Morgan fingerprint density at radius 1 is 1.20 bits per heavy atom. The maximum atomic E-state index is 10.3. The molecule has 0 aromatic heterocycles. The summed E-state index contributed by atoms with van der Waals surface area (Å²) in [7, 11) is 0. The molecule has 2 N–H and O–H groups in total. The normalized spacial score (nSPS) is 38.8. The molecule has 0 radical (unpaired) electrons. The van der Waals surface area contributed by atoms with Gasteiger partial charge in [0.25, 0.3) is 0 Å². The third-order valence-electron chi connectivity index (χ3n) is 8.77. The molecule has 3 aliphatic rings. The van der Waals surface area contributed by atoms with Gasteiger partial charge in [-0.15, -0.1) is 0 Å². The summed E-state index contributed by atoms with van der Waals surface area (Å²) in [5.41, 5.74) is 5.17. The largest absolute Gasteiger partial charge is 0.393 e. The molecule has 0 amide bonds. The molecule has 30 heavy (non-hydrogen) atoms. The lowest BCUT2D eigenvalue weighted by Crippen LogP contribution is -2.36. The lowest BCUT2D eigenvalue weighted by Gasteiger charge is -2.44. The van der Waals surface area contributed by atoms with Gasteiger partial charge in [-0.2, -0.15) is 0 Å². The van der Waals surface area contributed by atoms with E-state index in [-0.39, 0.29) is 0 Å². The third-order valence-corrected chi connectivity index (χ3v) is 8.77. The van der Waals surface area contributed by atoms with Crippen molar-refractivity contribution >= 4 is 0 Å². The van der Waals surface area contributed by atoms with E-state index < -0.39 is 12.2 Å². The van der Waals surface area contributed by atoms with Gasteiger partial charge >= 0.3 is 0 Å². The Bertz CT molecular complexity index is 685. The summed E-state index contributed by atoms with van der Waals surface area (Å²) in [4.78, 5) is 0. The van der Waals surface area contributed by atoms with Crippen LogP contribution < -0.4 is 0 Å². The van der Waals surface area contributed by atoms with Crippen LogP contribution in [0.4, 0.5) is 0 Å². The van der Waals surface area contributed by atoms with E-state index in [0.717, 1.165) is 28.9 Å². The summed E-state index contributed by atoms with van der Waals surface area (Å²) in [5.74, 6) is 3.18.